The minimum atomic E-state index is -0.391. The van der Waals surface area contributed by atoms with Crippen molar-refractivity contribution in [3.63, 3.8) is 0 Å². The number of aryl methyl sites for hydroxylation is 1. The molecule has 0 radical (unpaired) electrons. The van der Waals surface area contributed by atoms with Gasteiger partial charge < -0.3 is 9.84 Å². The van der Waals surface area contributed by atoms with Crippen molar-refractivity contribution in [2.75, 3.05) is 6.61 Å². The van der Waals surface area contributed by atoms with Crippen LogP contribution in [0.25, 0.3) is 11.3 Å². The lowest BCUT2D eigenvalue weighted by molar-refractivity contribution is 0.0513. The fraction of sp³-hybridized carbons (Fsp3) is 0.231. The van der Waals surface area contributed by atoms with E-state index in [9.17, 15) is 9.90 Å². The summed E-state index contributed by atoms with van der Waals surface area (Å²) in [5, 5.41) is 13.5. The molecule has 0 aliphatic heterocycles. The number of ether oxygens (including phenoxy) is 1. The smallest absolute Gasteiger partial charge is 0.356 e. The van der Waals surface area contributed by atoms with Crippen molar-refractivity contribution in [3.05, 3.63) is 36.0 Å². The van der Waals surface area contributed by atoms with Crippen molar-refractivity contribution < 1.29 is 14.6 Å². The van der Waals surface area contributed by atoms with Gasteiger partial charge in [-0.3, -0.25) is 4.68 Å². The van der Waals surface area contributed by atoms with E-state index in [1.807, 2.05) is 0 Å². The fourth-order valence-corrected chi connectivity index (χ4v) is 1.64. The van der Waals surface area contributed by atoms with Crippen LogP contribution in [0.5, 0.6) is 5.75 Å². The number of esters is 1. The van der Waals surface area contributed by atoms with E-state index in [1.165, 1.54) is 4.68 Å². The molecule has 0 aliphatic rings. The predicted octanol–water partition coefficient (Wildman–Crippen LogP) is 1.97. The number of hydrogen-bond acceptors (Lipinski definition) is 4. The van der Waals surface area contributed by atoms with Crippen molar-refractivity contribution in [2.45, 2.75) is 6.92 Å². The highest BCUT2D eigenvalue weighted by Crippen LogP contribution is 2.21. The van der Waals surface area contributed by atoms with Gasteiger partial charge in [-0.05, 0) is 37.3 Å². The lowest BCUT2D eigenvalue weighted by Crippen LogP contribution is -2.10. The summed E-state index contributed by atoms with van der Waals surface area (Å²) in [5.74, 6) is -0.196. The lowest BCUT2D eigenvalue weighted by atomic mass is 10.1. The number of carbonyl (C=O) groups is 1. The van der Waals surface area contributed by atoms with Gasteiger partial charge in [-0.1, -0.05) is 0 Å². The van der Waals surface area contributed by atoms with Crippen LogP contribution in [0.3, 0.4) is 0 Å². The number of phenolic OH excluding ortho intramolecular Hbond substituents is 1. The molecule has 0 saturated heterocycles. The van der Waals surface area contributed by atoms with E-state index in [4.69, 9.17) is 4.74 Å². The second-order valence-corrected chi connectivity index (χ2v) is 3.81. The van der Waals surface area contributed by atoms with Crippen LogP contribution >= 0.6 is 0 Å². The van der Waals surface area contributed by atoms with Gasteiger partial charge in [0, 0.05) is 12.6 Å². The first kappa shape index (κ1) is 12.2. The summed E-state index contributed by atoms with van der Waals surface area (Å²) < 4.78 is 6.42. The molecule has 1 N–H and O–H groups in total. The number of aromatic nitrogens is 2. The molecule has 18 heavy (non-hydrogen) atoms. The highest BCUT2D eigenvalue weighted by molar-refractivity contribution is 5.89. The van der Waals surface area contributed by atoms with Crippen LogP contribution in [-0.4, -0.2) is 27.5 Å². The van der Waals surface area contributed by atoms with Gasteiger partial charge in [-0.25, -0.2) is 4.79 Å². The maximum absolute atomic E-state index is 11.6. The number of benzene rings is 1. The standard InChI is InChI=1S/C13H14N2O3/c1-3-18-13(17)12-8-11(14-15(12)2)9-4-6-10(16)7-5-9/h4-8,16H,3H2,1-2H3. The molecule has 0 atom stereocenters. The molecule has 0 aliphatic carbocycles. The van der Waals surface area contributed by atoms with Crippen LogP contribution in [0, 0.1) is 0 Å². The van der Waals surface area contributed by atoms with Gasteiger partial charge in [0.25, 0.3) is 0 Å². The average molecular weight is 246 g/mol. The third-order valence-corrected chi connectivity index (χ3v) is 2.53. The Bertz CT molecular complexity index is 558. The van der Waals surface area contributed by atoms with Gasteiger partial charge in [-0.15, -0.1) is 0 Å². The Balaban J connectivity index is 2.34. The lowest BCUT2D eigenvalue weighted by Gasteiger charge is -1.99. The third-order valence-electron chi connectivity index (χ3n) is 2.53. The first-order chi connectivity index (χ1) is 8.61. The molecular formula is C13H14N2O3. The van der Waals surface area contributed by atoms with E-state index in [0.29, 0.717) is 18.0 Å². The molecule has 2 rings (SSSR count). The summed E-state index contributed by atoms with van der Waals surface area (Å²) in [6.45, 7) is 2.09. The summed E-state index contributed by atoms with van der Waals surface area (Å²) in [5.41, 5.74) is 1.90. The normalized spacial score (nSPS) is 10.3. The summed E-state index contributed by atoms with van der Waals surface area (Å²) in [6, 6.07) is 8.31. The highest BCUT2D eigenvalue weighted by atomic mass is 16.5. The molecule has 0 bridgehead atoms. The van der Waals surface area contributed by atoms with E-state index >= 15 is 0 Å². The Kier molecular flexibility index (Phi) is 3.32. The molecule has 0 unspecified atom stereocenters. The molecule has 0 amide bonds. The first-order valence-corrected chi connectivity index (χ1v) is 5.62. The summed E-state index contributed by atoms with van der Waals surface area (Å²) in [4.78, 5) is 11.6. The third kappa shape index (κ3) is 2.34. The minimum absolute atomic E-state index is 0.195. The summed E-state index contributed by atoms with van der Waals surface area (Å²) in [7, 11) is 1.69. The Hall–Kier alpha value is -2.30. The van der Waals surface area contributed by atoms with Crippen LogP contribution in [0.2, 0.25) is 0 Å². The van der Waals surface area contributed by atoms with Gasteiger partial charge in [0.1, 0.15) is 11.4 Å². The van der Waals surface area contributed by atoms with Crippen molar-refractivity contribution in [2.24, 2.45) is 7.05 Å². The largest absolute Gasteiger partial charge is 0.508 e. The van der Waals surface area contributed by atoms with Gasteiger partial charge >= 0.3 is 5.97 Å². The topological polar surface area (TPSA) is 64.3 Å². The van der Waals surface area contributed by atoms with Crippen LogP contribution in [0.1, 0.15) is 17.4 Å². The van der Waals surface area contributed by atoms with E-state index in [2.05, 4.69) is 5.10 Å². The van der Waals surface area contributed by atoms with Gasteiger partial charge in [-0.2, -0.15) is 5.10 Å². The van der Waals surface area contributed by atoms with E-state index in [-0.39, 0.29) is 5.75 Å². The average Bonchev–Trinajstić information content (AvgIpc) is 2.72. The van der Waals surface area contributed by atoms with Crippen LogP contribution in [0.15, 0.2) is 30.3 Å². The van der Waals surface area contributed by atoms with Crippen LogP contribution in [0.4, 0.5) is 0 Å². The Morgan fingerprint density at radius 3 is 2.67 bits per heavy atom. The SMILES string of the molecule is CCOC(=O)c1cc(-c2ccc(O)cc2)nn1C. The van der Waals surface area contributed by atoms with Crippen molar-refractivity contribution >= 4 is 5.97 Å². The molecule has 5 nitrogen and oxygen atoms in total. The molecule has 1 heterocycles. The number of rotatable bonds is 3. The minimum Gasteiger partial charge on any atom is -0.508 e. The van der Waals surface area contributed by atoms with Crippen molar-refractivity contribution in [1.29, 1.82) is 0 Å². The van der Waals surface area contributed by atoms with Gasteiger partial charge in [0.2, 0.25) is 0 Å². The molecular weight excluding hydrogens is 232 g/mol. The molecule has 0 fully saturated rings. The predicted molar refractivity (Wildman–Crippen MR) is 66.3 cm³/mol. The van der Waals surface area contributed by atoms with Gasteiger partial charge in [0.05, 0.1) is 12.3 Å². The number of hydrogen-bond donors (Lipinski definition) is 1. The molecule has 1 aromatic heterocycles. The Labute approximate surface area is 105 Å². The Morgan fingerprint density at radius 2 is 2.06 bits per heavy atom. The highest BCUT2D eigenvalue weighted by Gasteiger charge is 2.14. The summed E-state index contributed by atoms with van der Waals surface area (Å²) >= 11 is 0. The monoisotopic (exact) mass is 246 g/mol. The summed E-state index contributed by atoms with van der Waals surface area (Å²) in [6.07, 6.45) is 0. The van der Waals surface area contributed by atoms with Crippen molar-refractivity contribution in [3.8, 4) is 17.0 Å². The zero-order valence-corrected chi connectivity index (χ0v) is 10.3. The van der Waals surface area contributed by atoms with E-state index < -0.39 is 5.97 Å². The Morgan fingerprint density at radius 1 is 1.39 bits per heavy atom. The molecule has 2 aromatic rings. The number of phenols is 1. The maximum atomic E-state index is 11.6. The van der Waals surface area contributed by atoms with E-state index in [0.717, 1.165) is 5.56 Å². The number of aromatic hydroxyl groups is 1. The quantitative estimate of drug-likeness (QED) is 0.841. The zero-order valence-electron chi connectivity index (χ0n) is 10.3. The second-order valence-electron chi connectivity index (χ2n) is 3.81. The van der Waals surface area contributed by atoms with Crippen molar-refractivity contribution in [1.82, 2.24) is 9.78 Å². The molecule has 0 saturated carbocycles. The molecule has 5 heteroatoms. The molecule has 1 aromatic carbocycles. The van der Waals surface area contributed by atoms with Crippen LogP contribution in [-0.2, 0) is 11.8 Å². The molecule has 94 valence electrons. The second kappa shape index (κ2) is 4.91. The fourth-order valence-electron chi connectivity index (χ4n) is 1.64. The first-order valence-electron chi connectivity index (χ1n) is 5.62. The number of carbonyl (C=O) groups excluding carboxylic acids is 1. The molecule has 0 spiro atoms. The van der Waals surface area contributed by atoms with E-state index in [1.54, 1.807) is 44.3 Å². The van der Waals surface area contributed by atoms with Gasteiger partial charge in [0.15, 0.2) is 0 Å². The number of nitrogens with zero attached hydrogens (tertiary/aromatic N) is 2. The van der Waals surface area contributed by atoms with Crippen LogP contribution < -0.4 is 0 Å². The zero-order chi connectivity index (χ0) is 13.1. The maximum Gasteiger partial charge on any atom is 0.356 e.